The lowest BCUT2D eigenvalue weighted by atomic mass is 9.89. The molecule has 0 aliphatic carbocycles. The molecule has 0 spiro atoms. The highest BCUT2D eigenvalue weighted by molar-refractivity contribution is 6.13. The molecule has 3 heterocycles. The number of hydrogen-bond acceptors (Lipinski definition) is 4. The van der Waals surface area contributed by atoms with Crippen molar-refractivity contribution in [2.45, 2.75) is 0 Å². The Hall–Kier alpha value is -7.37. The number of rotatable bonds is 5. The molecule has 54 heavy (non-hydrogen) atoms. The minimum absolute atomic E-state index is 0.611. The van der Waals surface area contributed by atoms with Gasteiger partial charge in [0.2, 0.25) is 0 Å². The van der Waals surface area contributed by atoms with Gasteiger partial charge in [0, 0.05) is 44.1 Å². The molecule has 5 heteroatoms. The smallest absolute Gasteiger partial charge is 0.164 e. The van der Waals surface area contributed by atoms with Crippen LogP contribution < -0.4 is 4.74 Å². The molecule has 10 aromatic rings. The molecule has 0 radical (unpaired) electrons. The summed E-state index contributed by atoms with van der Waals surface area (Å²) in [4.78, 5) is 14.9. The maximum absolute atomic E-state index is 6.64. The average molecular weight is 691 g/mol. The lowest BCUT2D eigenvalue weighted by Gasteiger charge is -2.23. The van der Waals surface area contributed by atoms with E-state index in [9.17, 15) is 0 Å². The van der Waals surface area contributed by atoms with Gasteiger partial charge in [-0.2, -0.15) is 0 Å². The first-order chi connectivity index (χ1) is 26.8. The van der Waals surface area contributed by atoms with Crippen LogP contribution in [0, 0.1) is 0 Å². The van der Waals surface area contributed by atoms with Crippen molar-refractivity contribution in [1.82, 2.24) is 19.5 Å². The van der Waals surface area contributed by atoms with Crippen LogP contribution in [0.4, 0.5) is 0 Å². The van der Waals surface area contributed by atoms with Crippen LogP contribution in [0.1, 0.15) is 0 Å². The quantitative estimate of drug-likeness (QED) is 0.180. The van der Waals surface area contributed by atoms with Gasteiger partial charge in [0.15, 0.2) is 17.5 Å². The van der Waals surface area contributed by atoms with Crippen molar-refractivity contribution in [3.63, 3.8) is 0 Å². The van der Waals surface area contributed by atoms with E-state index in [1.165, 1.54) is 21.8 Å². The lowest BCUT2D eigenvalue weighted by Crippen LogP contribution is -2.01. The van der Waals surface area contributed by atoms with Crippen molar-refractivity contribution >= 4 is 32.6 Å². The van der Waals surface area contributed by atoms with E-state index in [0.717, 1.165) is 66.9 Å². The van der Waals surface area contributed by atoms with Crippen LogP contribution in [0.15, 0.2) is 182 Å². The Morgan fingerprint density at radius 1 is 0.352 bits per heavy atom. The number of nitrogens with zero attached hydrogens (tertiary/aromatic N) is 4. The van der Waals surface area contributed by atoms with Gasteiger partial charge in [0.05, 0.1) is 11.0 Å². The Bertz CT molecular complexity index is 3010. The largest absolute Gasteiger partial charge is 0.456 e. The molecule has 1 aliphatic rings. The Labute approximate surface area is 311 Å². The average Bonchev–Trinajstić information content (AvgIpc) is 3.58. The van der Waals surface area contributed by atoms with Crippen LogP contribution in [0.25, 0.3) is 94.7 Å². The van der Waals surface area contributed by atoms with E-state index in [1.807, 2.05) is 72.8 Å². The van der Waals surface area contributed by atoms with Gasteiger partial charge >= 0.3 is 0 Å². The third-order valence-electron chi connectivity index (χ3n) is 10.4. The SMILES string of the molecule is c1ccc(-c2nc(-c3ccccc3)nc(-c3ccc4c(c3)-c3cccc5c(-c6ccc7c(c6)c6ccccc6n7-c6ccccc6)ccc(c35)O4)n2)cc1. The first-order valence-corrected chi connectivity index (χ1v) is 18.1. The Balaban J connectivity index is 1.06. The van der Waals surface area contributed by atoms with Crippen molar-refractivity contribution < 1.29 is 4.74 Å². The summed E-state index contributed by atoms with van der Waals surface area (Å²) < 4.78 is 8.99. The van der Waals surface area contributed by atoms with Crippen molar-refractivity contribution in [3.05, 3.63) is 182 Å². The van der Waals surface area contributed by atoms with Gasteiger partial charge in [-0.3, -0.25) is 0 Å². The summed E-state index contributed by atoms with van der Waals surface area (Å²) in [5.41, 5.74) is 10.7. The molecule has 0 atom stereocenters. The first kappa shape index (κ1) is 30.3. The van der Waals surface area contributed by atoms with E-state index in [1.54, 1.807) is 0 Å². The van der Waals surface area contributed by atoms with E-state index in [-0.39, 0.29) is 0 Å². The van der Waals surface area contributed by atoms with Crippen LogP contribution in [-0.4, -0.2) is 19.5 Å². The molecule has 11 rings (SSSR count). The van der Waals surface area contributed by atoms with Gasteiger partial charge in [-0.1, -0.05) is 127 Å². The summed E-state index contributed by atoms with van der Waals surface area (Å²) in [7, 11) is 0. The highest BCUT2D eigenvalue weighted by atomic mass is 16.5. The Morgan fingerprint density at radius 2 is 0.944 bits per heavy atom. The fourth-order valence-electron chi connectivity index (χ4n) is 7.96. The summed E-state index contributed by atoms with van der Waals surface area (Å²) in [5, 5.41) is 4.69. The van der Waals surface area contributed by atoms with Crippen LogP contribution in [-0.2, 0) is 0 Å². The molecule has 0 fully saturated rings. The molecule has 0 saturated heterocycles. The molecule has 0 saturated carbocycles. The standard InChI is InChI=1S/C49H30N4O/c1-4-13-31(14-5-1)47-50-48(32-15-6-2-7-16-32)52-49(51-47)34-24-27-44-41(30-34)39-21-12-20-38-36(25-28-45(54-44)46(38)39)33-23-26-43-40(29-33)37-19-10-11-22-42(37)53(43)35-17-8-3-9-18-35/h1-30H. The van der Waals surface area contributed by atoms with E-state index in [2.05, 4.69) is 114 Å². The molecule has 2 aromatic heterocycles. The third-order valence-corrected chi connectivity index (χ3v) is 10.4. The highest BCUT2D eigenvalue weighted by Crippen LogP contribution is 2.50. The Morgan fingerprint density at radius 3 is 1.69 bits per heavy atom. The van der Waals surface area contributed by atoms with E-state index >= 15 is 0 Å². The van der Waals surface area contributed by atoms with Gasteiger partial charge in [-0.05, 0) is 76.7 Å². The van der Waals surface area contributed by atoms with Gasteiger partial charge in [-0.25, -0.2) is 15.0 Å². The summed E-state index contributed by atoms with van der Waals surface area (Å²) >= 11 is 0. The van der Waals surface area contributed by atoms with E-state index in [0.29, 0.717) is 17.5 Å². The molecule has 1 aliphatic heterocycles. The zero-order valence-electron chi connectivity index (χ0n) is 29.0. The Kier molecular flexibility index (Phi) is 6.79. The van der Waals surface area contributed by atoms with Gasteiger partial charge in [0.1, 0.15) is 11.5 Å². The second-order valence-corrected chi connectivity index (χ2v) is 13.6. The van der Waals surface area contributed by atoms with Crippen LogP contribution in [0.3, 0.4) is 0 Å². The third kappa shape index (κ3) is 4.83. The fraction of sp³-hybridized carbons (Fsp3) is 0. The summed E-state index contributed by atoms with van der Waals surface area (Å²) in [6, 6.07) is 63.3. The fourth-order valence-corrected chi connectivity index (χ4v) is 7.96. The lowest BCUT2D eigenvalue weighted by molar-refractivity contribution is 0.487. The van der Waals surface area contributed by atoms with Crippen LogP contribution >= 0.6 is 0 Å². The molecule has 252 valence electrons. The molecule has 0 unspecified atom stereocenters. The molecular formula is C49H30N4O. The minimum atomic E-state index is 0.611. The second-order valence-electron chi connectivity index (χ2n) is 13.6. The molecule has 0 N–H and O–H groups in total. The van der Waals surface area contributed by atoms with Crippen molar-refractivity contribution in [2.24, 2.45) is 0 Å². The van der Waals surface area contributed by atoms with Crippen molar-refractivity contribution in [3.8, 4) is 73.6 Å². The molecule has 0 amide bonds. The summed E-state index contributed by atoms with van der Waals surface area (Å²) in [5.74, 6) is 3.54. The highest BCUT2D eigenvalue weighted by Gasteiger charge is 2.24. The number of hydrogen-bond donors (Lipinski definition) is 0. The first-order valence-electron chi connectivity index (χ1n) is 18.1. The maximum Gasteiger partial charge on any atom is 0.164 e. The molecular weight excluding hydrogens is 661 g/mol. The van der Waals surface area contributed by atoms with Crippen molar-refractivity contribution in [2.75, 3.05) is 0 Å². The van der Waals surface area contributed by atoms with Crippen LogP contribution in [0.2, 0.25) is 0 Å². The van der Waals surface area contributed by atoms with Crippen molar-refractivity contribution in [1.29, 1.82) is 0 Å². The molecule has 5 nitrogen and oxygen atoms in total. The number of ether oxygens (including phenoxy) is 1. The topological polar surface area (TPSA) is 52.8 Å². The predicted molar refractivity (Wildman–Crippen MR) is 219 cm³/mol. The molecule has 0 bridgehead atoms. The van der Waals surface area contributed by atoms with Gasteiger partial charge in [0.25, 0.3) is 0 Å². The maximum atomic E-state index is 6.64. The monoisotopic (exact) mass is 690 g/mol. The van der Waals surface area contributed by atoms with E-state index < -0.39 is 0 Å². The number of benzene rings is 8. The van der Waals surface area contributed by atoms with Gasteiger partial charge in [-0.15, -0.1) is 0 Å². The summed E-state index contributed by atoms with van der Waals surface area (Å²) in [6.07, 6.45) is 0. The van der Waals surface area contributed by atoms with E-state index in [4.69, 9.17) is 19.7 Å². The predicted octanol–water partition coefficient (Wildman–Crippen LogP) is 12.6. The summed E-state index contributed by atoms with van der Waals surface area (Å²) in [6.45, 7) is 0. The second kappa shape index (κ2) is 12.1. The zero-order chi connectivity index (χ0) is 35.6. The van der Waals surface area contributed by atoms with Crippen LogP contribution in [0.5, 0.6) is 11.5 Å². The number of fused-ring (bicyclic) bond motifs is 5. The zero-order valence-corrected chi connectivity index (χ0v) is 29.0. The number of para-hydroxylation sites is 2. The minimum Gasteiger partial charge on any atom is -0.456 e. The molecule has 8 aromatic carbocycles. The normalized spacial score (nSPS) is 11.9. The van der Waals surface area contributed by atoms with Gasteiger partial charge < -0.3 is 9.30 Å². The number of aromatic nitrogens is 4.